The number of nitrogens with zero attached hydrogens (tertiary/aromatic N) is 1. The van der Waals surface area contributed by atoms with Crippen LogP contribution in [0.2, 0.25) is 0 Å². The second-order valence-electron chi connectivity index (χ2n) is 10.1. The zero-order valence-electron chi connectivity index (χ0n) is 25.2. The Labute approximate surface area is 256 Å². The number of fused-ring (bicyclic) bond motifs is 2. The van der Waals surface area contributed by atoms with E-state index in [1.165, 1.54) is 11.2 Å². The molecular formula is C32H38N4O8. The summed E-state index contributed by atoms with van der Waals surface area (Å²) >= 11 is 0. The van der Waals surface area contributed by atoms with Gasteiger partial charge in [-0.2, -0.15) is 0 Å². The predicted molar refractivity (Wildman–Crippen MR) is 163 cm³/mol. The number of para-hydroxylation sites is 1. The van der Waals surface area contributed by atoms with Gasteiger partial charge in [-0.1, -0.05) is 23.8 Å². The molecule has 12 nitrogen and oxygen atoms in total. The van der Waals surface area contributed by atoms with E-state index < -0.39 is 11.9 Å². The molecule has 234 valence electrons. The third-order valence-corrected chi connectivity index (χ3v) is 7.35. The van der Waals surface area contributed by atoms with Crippen LogP contribution >= 0.6 is 0 Å². The normalized spacial score (nSPS) is 16.4. The number of hydrogen-bond acceptors (Lipinski definition) is 11. The molecule has 2 atom stereocenters. The van der Waals surface area contributed by atoms with Crippen LogP contribution in [-0.2, 0) is 20.7 Å². The molecule has 3 aromatic carbocycles. The van der Waals surface area contributed by atoms with Crippen LogP contribution in [0.4, 0.5) is 5.69 Å². The summed E-state index contributed by atoms with van der Waals surface area (Å²) in [4.78, 5) is 23.7. The standard InChI is InChI=1S/C23H26N4O5.C9H12O3/c1-14-2-6-17(7-3-14)27(25)10-19(24)23(29)26-22-16(11-30-12-28)5-4-15-8-20-21(9-18(15)22)32-13-31-20;1-10-7-5-4-6-8(11-2)9(7)12-3/h2-3,6-10,12,16,22H,4-5,11,13,24-25H2,1H3,(H,26,29);4-6H,1-3H3/b19-10-;. The van der Waals surface area contributed by atoms with Gasteiger partial charge in [-0.15, -0.1) is 0 Å². The third kappa shape index (κ3) is 7.45. The van der Waals surface area contributed by atoms with Crippen molar-refractivity contribution < 1.29 is 38.0 Å². The highest BCUT2D eigenvalue weighted by molar-refractivity contribution is 5.93. The van der Waals surface area contributed by atoms with Crippen molar-refractivity contribution in [1.29, 1.82) is 0 Å². The lowest BCUT2D eigenvalue weighted by Gasteiger charge is -2.34. The molecule has 0 bridgehead atoms. The number of methoxy groups -OCH3 is 3. The van der Waals surface area contributed by atoms with E-state index in [-0.39, 0.29) is 25.0 Å². The highest BCUT2D eigenvalue weighted by atomic mass is 16.7. The number of carbonyl (C=O) groups is 2. The first-order valence-corrected chi connectivity index (χ1v) is 13.9. The van der Waals surface area contributed by atoms with Gasteiger partial charge >= 0.3 is 0 Å². The Morgan fingerprint density at radius 3 is 2.30 bits per heavy atom. The number of anilines is 1. The number of hydrogen-bond donors (Lipinski definition) is 3. The monoisotopic (exact) mass is 606 g/mol. The van der Waals surface area contributed by atoms with Gasteiger partial charge in [0.25, 0.3) is 12.4 Å². The Hall–Kier alpha value is -5.10. The quantitative estimate of drug-likeness (QED) is 0.134. The lowest BCUT2D eigenvalue weighted by molar-refractivity contribution is -0.130. The molecule has 1 aliphatic heterocycles. The first-order chi connectivity index (χ1) is 21.3. The van der Waals surface area contributed by atoms with E-state index in [2.05, 4.69) is 5.32 Å². The number of nitrogens with one attached hydrogen (secondary N) is 1. The molecule has 0 aromatic heterocycles. The van der Waals surface area contributed by atoms with E-state index in [1.807, 2.05) is 61.5 Å². The zero-order valence-corrected chi connectivity index (χ0v) is 25.2. The van der Waals surface area contributed by atoms with Crippen LogP contribution in [0.5, 0.6) is 28.7 Å². The molecule has 5 N–H and O–H groups in total. The fraction of sp³-hybridized carbons (Fsp3) is 0.312. The lowest BCUT2D eigenvalue weighted by Crippen LogP contribution is -2.41. The topological polar surface area (TPSA) is 157 Å². The number of hydrazine groups is 1. The molecule has 2 unspecified atom stereocenters. The Morgan fingerprint density at radius 2 is 1.68 bits per heavy atom. The minimum absolute atomic E-state index is 0.0454. The van der Waals surface area contributed by atoms with Gasteiger partial charge in [-0.25, -0.2) is 5.84 Å². The summed E-state index contributed by atoms with van der Waals surface area (Å²) in [6, 6.07) is 16.4. The number of benzene rings is 3. The summed E-state index contributed by atoms with van der Waals surface area (Å²) in [5, 5.41) is 4.28. The average molecular weight is 607 g/mol. The molecule has 1 amide bonds. The maximum atomic E-state index is 12.9. The molecule has 12 heteroatoms. The molecular weight excluding hydrogens is 568 g/mol. The van der Waals surface area contributed by atoms with E-state index in [1.54, 1.807) is 21.3 Å². The van der Waals surface area contributed by atoms with Crippen LogP contribution < -0.4 is 45.6 Å². The molecule has 1 heterocycles. The van der Waals surface area contributed by atoms with Crippen LogP contribution in [0.3, 0.4) is 0 Å². The highest BCUT2D eigenvalue weighted by Gasteiger charge is 2.34. The predicted octanol–water partition coefficient (Wildman–Crippen LogP) is 3.51. The summed E-state index contributed by atoms with van der Waals surface area (Å²) in [5.41, 5.74) is 9.74. The van der Waals surface area contributed by atoms with E-state index >= 15 is 0 Å². The van der Waals surface area contributed by atoms with E-state index in [0.29, 0.717) is 40.9 Å². The van der Waals surface area contributed by atoms with Crippen LogP contribution in [-0.4, -0.2) is 47.1 Å². The lowest BCUT2D eigenvalue weighted by atomic mass is 9.79. The summed E-state index contributed by atoms with van der Waals surface area (Å²) in [7, 11) is 4.77. The van der Waals surface area contributed by atoms with Gasteiger partial charge in [0, 0.05) is 12.1 Å². The third-order valence-electron chi connectivity index (χ3n) is 7.35. The van der Waals surface area contributed by atoms with Crippen molar-refractivity contribution in [2.45, 2.75) is 25.8 Å². The first kappa shape index (κ1) is 31.8. The van der Waals surface area contributed by atoms with E-state index in [4.69, 9.17) is 40.0 Å². The zero-order chi connectivity index (χ0) is 31.6. The van der Waals surface area contributed by atoms with Crippen molar-refractivity contribution in [1.82, 2.24) is 5.32 Å². The smallest absolute Gasteiger partial charge is 0.293 e. The summed E-state index contributed by atoms with van der Waals surface area (Å²) in [5.74, 6) is 8.76. The van der Waals surface area contributed by atoms with Crippen LogP contribution in [0.1, 0.15) is 29.2 Å². The summed E-state index contributed by atoms with van der Waals surface area (Å²) in [6.07, 6.45) is 2.86. The van der Waals surface area contributed by atoms with Gasteiger partial charge in [0.15, 0.2) is 23.0 Å². The summed E-state index contributed by atoms with van der Waals surface area (Å²) in [6.45, 7) is 2.73. The Balaban J connectivity index is 0.000000309. The molecule has 1 aliphatic carbocycles. The van der Waals surface area contributed by atoms with Crippen LogP contribution in [0.15, 0.2) is 66.5 Å². The molecule has 0 spiro atoms. The van der Waals surface area contributed by atoms with Gasteiger partial charge in [-0.3, -0.25) is 14.6 Å². The highest BCUT2D eigenvalue weighted by Crippen LogP contribution is 2.42. The van der Waals surface area contributed by atoms with E-state index in [0.717, 1.165) is 29.5 Å². The number of rotatable bonds is 10. The fourth-order valence-electron chi connectivity index (χ4n) is 5.05. The largest absolute Gasteiger partial charge is 0.493 e. The minimum atomic E-state index is -0.473. The molecule has 0 saturated carbocycles. The number of carbonyl (C=O) groups excluding carboxylic acids is 2. The number of ether oxygens (including phenoxy) is 6. The Morgan fingerprint density at radius 1 is 1.02 bits per heavy atom. The Kier molecular flexibility index (Phi) is 10.8. The Bertz CT molecular complexity index is 1460. The van der Waals surface area contributed by atoms with Crippen molar-refractivity contribution in [2.24, 2.45) is 17.5 Å². The minimum Gasteiger partial charge on any atom is -0.493 e. The SMILES string of the molecule is COc1cccc(OC)c1OC.Cc1ccc(N(N)/C=C(\N)C(=O)NC2c3cc4c(cc3CCC2COC=O)OCO4)cc1. The van der Waals surface area contributed by atoms with Crippen molar-refractivity contribution >= 4 is 18.1 Å². The van der Waals surface area contributed by atoms with Gasteiger partial charge in [0.2, 0.25) is 12.5 Å². The number of nitrogens with two attached hydrogens (primary N) is 2. The molecule has 2 aliphatic rings. The molecule has 3 aromatic rings. The van der Waals surface area contributed by atoms with Crippen molar-refractivity contribution in [3.8, 4) is 28.7 Å². The average Bonchev–Trinajstić information content (AvgIpc) is 3.50. The van der Waals surface area contributed by atoms with Crippen molar-refractivity contribution in [3.63, 3.8) is 0 Å². The summed E-state index contributed by atoms with van der Waals surface area (Å²) < 4.78 is 31.3. The maximum absolute atomic E-state index is 12.9. The second kappa shape index (κ2) is 14.9. The second-order valence-corrected chi connectivity index (χ2v) is 10.1. The van der Waals surface area contributed by atoms with E-state index in [9.17, 15) is 9.59 Å². The van der Waals surface area contributed by atoms with Gasteiger partial charge in [-0.05, 0) is 67.3 Å². The van der Waals surface area contributed by atoms with Gasteiger partial charge in [0.05, 0.1) is 39.7 Å². The van der Waals surface area contributed by atoms with Crippen LogP contribution in [0, 0.1) is 12.8 Å². The number of amides is 1. The van der Waals surface area contributed by atoms with Crippen molar-refractivity contribution in [2.75, 3.05) is 39.7 Å². The molecule has 44 heavy (non-hydrogen) atoms. The molecule has 0 fully saturated rings. The fourth-order valence-corrected chi connectivity index (χ4v) is 5.05. The maximum Gasteiger partial charge on any atom is 0.293 e. The molecule has 0 saturated heterocycles. The molecule has 0 radical (unpaired) electrons. The van der Waals surface area contributed by atoms with Crippen LogP contribution in [0.25, 0.3) is 0 Å². The van der Waals surface area contributed by atoms with Crippen molar-refractivity contribution in [3.05, 3.63) is 83.2 Å². The van der Waals surface area contributed by atoms with Gasteiger partial charge in [0.1, 0.15) is 5.70 Å². The van der Waals surface area contributed by atoms with Gasteiger partial charge < -0.3 is 39.5 Å². The number of aryl methyl sites for hydroxylation is 2. The molecule has 5 rings (SSSR count). The first-order valence-electron chi connectivity index (χ1n) is 13.9.